The van der Waals surface area contributed by atoms with Gasteiger partial charge in [-0.3, -0.25) is 4.98 Å². The summed E-state index contributed by atoms with van der Waals surface area (Å²) in [5, 5.41) is 10.3. The molecule has 0 saturated heterocycles. The number of nitrogens with two attached hydrogens (primary N) is 1. The van der Waals surface area contributed by atoms with Gasteiger partial charge in [-0.05, 0) is 62.7 Å². The quantitative estimate of drug-likeness (QED) is 0.476. The predicted octanol–water partition coefficient (Wildman–Crippen LogP) is 4.35. The van der Waals surface area contributed by atoms with Crippen LogP contribution in [0.15, 0.2) is 73.1 Å². The average molecular weight is 441 g/mol. The molecule has 0 radical (unpaired) electrons. The first-order valence-corrected chi connectivity index (χ1v) is 10.4. The van der Waals surface area contributed by atoms with Crippen LogP contribution in [0.4, 0.5) is 16.3 Å². The van der Waals surface area contributed by atoms with E-state index in [4.69, 9.17) is 5.73 Å². The normalized spacial score (nSPS) is 11.3. The Kier molecular flexibility index (Phi) is 5.85. The largest absolute Gasteiger partial charge is 0.382 e. The molecule has 0 bridgehead atoms. The topological polar surface area (TPSA) is 118 Å². The van der Waals surface area contributed by atoms with E-state index in [0.29, 0.717) is 34.4 Å². The van der Waals surface area contributed by atoms with Gasteiger partial charge in [0, 0.05) is 18.0 Å². The number of aryl methyl sites for hydroxylation is 1. The fourth-order valence-corrected chi connectivity index (χ4v) is 3.38. The van der Waals surface area contributed by atoms with E-state index in [1.165, 1.54) is 4.90 Å². The first-order valence-electron chi connectivity index (χ1n) is 10.4. The summed E-state index contributed by atoms with van der Waals surface area (Å²) < 4.78 is 0. The van der Waals surface area contributed by atoms with Crippen molar-refractivity contribution in [3.63, 3.8) is 0 Å². The molecule has 8 nitrogen and oxygen atoms in total. The molecule has 166 valence electrons. The summed E-state index contributed by atoms with van der Waals surface area (Å²) in [6, 6.07) is 17.6. The molecule has 4 aromatic rings. The van der Waals surface area contributed by atoms with Crippen molar-refractivity contribution in [3.05, 3.63) is 84.4 Å². The van der Waals surface area contributed by atoms with Crippen molar-refractivity contribution in [3.8, 4) is 22.6 Å². The number of rotatable bonds is 5. The molecule has 8 heteroatoms. The number of aromatic nitrogens is 4. The molecule has 4 rings (SSSR count). The Bertz CT molecular complexity index is 1300. The molecule has 0 aliphatic rings. The molecule has 1 aromatic carbocycles. The lowest BCUT2D eigenvalue weighted by Crippen LogP contribution is -2.32. The van der Waals surface area contributed by atoms with E-state index in [1.807, 2.05) is 55.5 Å². The summed E-state index contributed by atoms with van der Waals surface area (Å²) in [5.41, 5.74) is 8.70. The van der Waals surface area contributed by atoms with Crippen molar-refractivity contribution < 1.29 is 9.90 Å². The Labute approximate surface area is 191 Å². The molecular weight excluding hydrogens is 416 g/mol. The van der Waals surface area contributed by atoms with Crippen LogP contribution in [0, 0.1) is 6.92 Å². The molecule has 0 atom stereocenters. The predicted molar refractivity (Wildman–Crippen MR) is 127 cm³/mol. The number of pyridine rings is 2. The third-order valence-corrected chi connectivity index (χ3v) is 5.06. The minimum Gasteiger partial charge on any atom is -0.382 e. The summed E-state index contributed by atoms with van der Waals surface area (Å²) in [4.78, 5) is 31.6. The van der Waals surface area contributed by atoms with E-state index in [1.54, 1.807) is 38.4 Å². The number of nitrogens with zero attached hydrogens (tertiary/aromatic N) is 5. The zero-order chi connectivity index (χ0) is 23.6. The zero-order valence-electron chi connectivity index (χ0n) is 18.6. The molecule has 0 aliphatic heterocycles. The maximum Gasteiger partial charge on any atom is 0.325 e. The fraction of sp³-hybridized carbons (Fsp3) is 0.160. The summed E-state index contributed by atoms with van der Waals surface area (Å²) in [5.74, 6) is 0.685. The molecule has 0 aliphatic carbocycles. The number of carbonyl (C=O) groups excluding carboxylic acids is 1. The summed E-state index contributed by atoms with van der Waals surface area (Å²) in [6.07, 6.45) is 3.28. The highest BCUT2D eigenvalue weighted by atomic mass is 16.3. The van der Waals surface area contributed by atoms with E-state index in [9.17, 15) is 9.90 Å². The van der Waals surface area contributed by atoms with Crippen LogP contribution in [-0.2, 0) is 5.60 Å². The number of urea groups is 1. The first kappa shape index (κ1) is 22.0. The molecule has 0 spiro atoms. The lowest BCUT2D eigenvalue weighted by molar-refractivity contribution is 0.0688. The standard InChI is InChI=1S/C25H24N6O2/c1-16-10-11-17(18-12-14-28-23(30-18)25(2,3)33)15-21(16)31(24(26)32)22-9-6-8-20(29-22)19-7-4-5-13-27-19/h4-15,33H,1-3H3,(H2,26,32). The van der Waals surface area contributed by atoms with Gasteiger partial charge in [-0.15, -0.1) is 0 Å². The smallest absolute Gasteiger partial charge is 0.325 e. The second-order valence-corrected chi connectivity index (χ2v) is 8.10. The minimum absolute atomic E-state index is 0.304. The van der Waals surface area contributed by atoms with Gasteiger partial charge >= 0.3 is 6.03 Å². The lowest BCUT2D eigenvalue weighted by atomic mass is 10.0. The Morgan fingerprint density at radius 3 is 2.39 bits per heavy atom. The van der Waals surface area contributed by atoms with Crippen molar-refractivity contribution in [2.24, 2.45) is 5.73 Å². The van der Waals surface area contributed by atoms with Crippen LogP contribution >= 0.6 is 0 Å². The molecule has 2 amide bonds. The minimum atomic E-state index is -1.18. The van der Waals surface area contributed by atoms with Crippen LogP contribution in [-0.4, -0.2) is 31.1 Å². The van der Waals surface area contributed by atoms with Gasteiger partial charge in [0.1, 0.15) is 11.4 Å². The van der Waals surface area contributed by atoms with Gasteiger partial charge in [0.15, 0.2) is 5.82 Å². The Morgan fingerprint density at radius 2 is 1.70 bits per heavy atom. The average Bonchev–Trinajstić information content (AvgIpc) is 2.80. The van der Waals surface area contributed by atoms with Gasteiger partial charge < -0.3 is 10.8 Å². The number of carbonyl (C=O) groups is 1. The van der Waals surface area contributed by atoms with E-state index in [0.717, 1.165) is 11.1 Å². The third kappa shape index (κ3) is 4.70. The lowest BCUT2D eigenvalue weighted by Gasteiger charge is -2.23. The Morgan fingerprint density at radius 1 is 0.909 bits per heavy atom. The highest BCUT2D eigenvalue weighted by Gasteiger charge is 2.22. The van der Waals surface area contributed by atoms with E-state index in [-0.39, 0.29) is 0 Å². The number of benzene rings is 1. The van der Waals surface area contributed by atoms with Crippen molar-refractivity contribution >= 4 is 17.5 Å². The summed E-state index contributed by atoms with van der Waals surface area (Å²) >= 11 is 0. The molecule has 0 fully saturated rings. The fourth-order valence-electron chi connectivity index (χ4n) is 3.38. The number of primary amides is 1. The molecule has 0 unspecified atom stereocenters. The van der Waals surface area contributed by atoms with Crippen LogP contribution in [0.25, 0.3) is 22.6 Å². The van der Waals surface area contributed by atoms with Crippen molar-refractivity contribution in [1.82, 2.24) is 19.9 Å². The Hall–Kier alpha value is -4.17. The van der Waals surface area contributed by atoms with E-state index >= 15 is 0 Å². The second-order valence-electron chi connectivity index (χ2n) is 8.10. The number of hydrogen-bond acceptors (Lipinski definition) is 6. The van der Waals surface area contributed by atoms with Gasteiger partial charge in [0.05, 0.1) is 22.8 Å². The van der Waals surface area contributed by atoms with Gasteiger partial charge in [-0.2, -0.15) is 0 Å². The summed E-state index contributed by atoms with van der Waals surface area (Å²) in [6.45, 7) is 5.14. The van der Waals surface area contributed by atoms with E-state index in [2.05, 4.69) is 19.9 Å². The molecular formula is C25H24N6O2. The highest BCUT2D eigenvalue weighted by molar-refractivity contribution is 5.99. The maximum absolute atomic E-state index is 12.6. The molecule has 0 saturated carbocycles. The van der Waals surface area contributed by atoms with Crippen molar-refractivity contribution in [2.75, 3.05) is 4.90 Å². The van der Waals surface area contributed by atoms with Crippen LogP contribution in [0.3, 0.4) is 0 Å². The van der Waals surface area contributed by atoms with Crippen LogP contribution in [0.2, 0.25) is 0 Å². The van der Waals surface area contributed by atoms with Gasteiger partial charge in [-0.1, -0.05) is 24.3 Å². The molecule has 3 aromatic heterocycles. The SMILES string of the molecule is Cc1ccc(-c2ccnc(C(C)(C)O)n2)cc1N(C(N)=O)c1cccc(-c2ccccn2)n1. The molecule has 3 N–H and O–H groups in total. The second kappa shape index (κ2) is 8.76. The molecule has 33 heavy (non-hydrogen) atoms. The number of anilines is 2. The molecule has 3 heterocycles. The Balaban J connectivity index is 1.80. The number of amides is 2. The first-order chi connectivity index (χ1) is 15.7. The zero-order valence-corrected chi connectivity index (χ0v) is 18.6. The highest BCUT2D eigenvalue weighted by Crippen LogP contribution is 2.32. The monoisotopic (exact) mass is 440 g/mol. The van der Waals surface area contributed by atoms with Gasteiger partial charge in [-0.25, -0.2) is 24.6 Å². The van der Waals surface area contributed by atoms with Crippen LogP contribution in [0.5, 0.6) is 0 Å². The van der Waals surface area contributed by atoms with Crippen molar-refractivity contribution in [2.45, 2.75) is 26.4 Å². The van der Waals surface area contributed by atoms with Crippen molar-refractivity contribution in [1.29, 1.82) is 0 Å². The third-order valence-electron chi connectivity index (χ3n) is 5.06. The number of hydrogen-bond donors (Lipinski definition) is 2. The van der Waals surface area contributed by atoms with Gasteiger partial charge in [0.25, 0.3) is 0 Å². The van der Waals surface area contributed by atoms with E-state index < -0.39 is 11.6 Å². The maximum atomic E-state index is 12.6. The van der Waals surface area contributed by atoms with Gasteiger partial charge in [0.2, 0.25) is 0 Å². The van der Waals surface area contributed by atoms with Crippen LogP contribution in [0.1, 0.15) is 25.2 Å². The van der Waals surface area contributed by atoms with Crippen LogP contribution < -0.4 is 10.6 Å². The summed E-state index contributed by atoms with van der Waals surface area (Å²) in [7, 11) is 0. The number of aliphatic hydroxyl groups is 1.